The molecule has 1 aliphatic carbocycles. The Morgan fingerprint density at radius 3 is 2.58 bits per heavy atom. The lowest BCUT2D eigenvalue weighted by Crippen LogP contribution is -2.35. The van der Waals surface area contributed by atoms with Crippen LogP contribution in [0.3, 0.4) is 0 Å². The third kappa shape index (κ3) is 4.00. The van der Waals surface area contributed by atoms with Crippen molar-refractivity contribution >= 4 is 17.8 Å². The van der Waals surface area contributed by atoms with Gasteiger partial charge in [0.25, 0.3) is 0 Å². The van der Waals surface area contributed by atoms with E-state index in [-0.39, 0.29) is 55.5 Å². The van der Waals surface area contributed by atoms with Gasteiger partial charge in [-0.05, 0) is 25.3 Å². The zero-order valence-corrected chi connectivity index (χ0v) is 14.6. The molecule has 0 aromatic heterocycles. The summed E-state index contributed by atoms with van der Waals surface area (Å²) >= 11 is 0. The molecule has 0 atom stereocenters. The SMILES string of the molecule is CN1CC(=O)N(CCCC(=O)N(Cc2ccc(F)cc2F)C2CC2)C1=O. The van der Waals surface area contributed by atoms with E-state index in [1.807, 2.05) is 0 Å². The highest BCUT2D eigenvalue weighted by Crippen LogP contribution is 2.29. The van der Waals surface area contributed by atoms with Crippen LogP contribution in [-0.2, 0) is 16.1 Å². The minimum Gasteiger partial charge on any atom is -0.335 e. The molecule has 1 aliphatic heterocycles. The summed E-state index contributed by atoms with van der Waals surface area (Å²) in [6.45, 7) is 0.349. The standard InChI is InChI=1S/C18H21F2N3O3/c1-21-11-17(25)22(18(21)26)8-2-3-16(24)23(14-6-7-14)10-12-4-5-13(19)9-15(12)20/h4-5,9,14H,2-3,6-8,10-11H2,1H3. The average Bonchev–Trinajstić information content (AvgIpc) is 3.38. The first-order valence-corrected chi connectivity index (χ1v) is 8.65. The van der Waals surface area contributed by atoms with Crippen molar-refractivity contribution in [2.75, 3.05) is 20.1 Å². The highest BCUT2D eigenvalue weighted by Gasteiger charge is 2.35. The van der Waals surface area contributed by atoms with Crippen LogP contribution in [0.1, 0.15) is 31.2 Å². The molecule has 0 N–H and O–H groups in total. The number of carbonyl (C=O) groups is 3. The van der Waals surface area contributed by atoms with Crippen molar-refractivity contribution < 1.29 is 23.2 Å². The maximum absolute atomic E-state index is 13.9. The molecular weight excluding hydrogens is 344 g/mol. The molecule has 140 valence electrons. The van der Waals surface area contributed by atoms with Crippen LogP contribution in [0.25, 0.3) is 0 Å². The van der Waals surface area contributed by atoms with Gasteiger partial charge in [-0.1, -0.05) is 6.07 Å². The van der Waals surface area contributed by atoms with E-state index in [0.717, 1.165) is 23.8 Å². The van der Waals surface area contributed by atoms with Gasteiger partial charge in [0.1, 0.15) is 18.2 Å². The normalized spacial score (nSPS) is 17.2. The highest BCUT2D eigenvalue weighted by atomic mass is 19.1. The predicted molar refractivity (Wildman–Crippen MR) is 88.9 cm³/mol. The fourth-order valence-corrected chi connectivity index (χ4v) is 3.06. The van der Waals surface area contributed by atoms with Gasteiger partial charge in [0.05, 0.1) is 0 Å². The second-order valence-corrected chi connectivity index (χ2v) is 6.78. The number of amides is 4. The van der Waals surface area contributed by atoms with Crippen LogP contribution >= 0.6 is 0 Å². The van der Waals surface area contributed by atoms with Gasteiger partial charge in [0, 0.05) is 44.2 Å². The first-order chi connectivity index (χ1) is 12.4. The van der Waals surface area contributed by atoms with Crippen LogP contribution in [0.2, 0.25) is 0 Å². The minimum absolute atomic E-state index is 0.0603. The Morgan fingerprint density at radius 1 is 1.27 bits per heavy atom. The number of nitrogens with zero attached hydrogens (tertiary/aromatic N) is 3. The molecule has 1 saturated carbocycles. The monoisotopic (exact) mass is 365 g/mol. The summed E-state index contributed by atoms with van der Waals surface area (Å²) < 4.78 is 26.9. The smallest absolute Gasteiger partial charge is 0.326 e. The third-order valence-electron chi connectivity index (χ3n) is 4.67. The Hall–Kier alpha value is -2.51. The number of hydrogen-bond donors (Lipinski definition) is 0. The number of carbonyl (C=O) groups excluding carboxylic acids is 3. The molecule has 3 rings (SSSR count). The van der Waals surface area contributed by atoms with Gasteiger partial charge >= 0.3 is 6.03 Å². The molecule has 0 unspecified atom stereocenters. The molecule has 26 heavy (non-hydrogen) atoms. The predicted octanol–water partition coefficient (Wildman–Crippen LogP) is 2.13. The van der Waals surface area contributed by atoms with Crippen molar-refractivity contribution in [3.05, 3.63) is 35.4 Å². The van der Waals surface area contributed by atoms with E-state index in [1.165, 1.54) is 17.0 Å². The third-order valence-corrected chi connectivity index (χ3v) is 4.67. The molecule has 0 radical (unpaired) electrons. The number of rotatable bonds is 7. The first kappa shape index (κ1) is 18.3. The number of urea groups is 1. The Morgan fingerprint density at radius 2 is 2.00 bits per heavy atom. The van der Waals surface area contributed by atoms with Gasteiger partial charge in [0.2, 0.25) is 11.8 Å². The van der Waals surface area contributed by atoms with E-state index in [0.29, 0.717) is 6.42 Å². The van der Waals surface area contributed by atoms with Gasteiger partial charge in [-0.2, -0.15) is 0 Å². The minimum atomic E-state index is -0.667. The molecule has 2 fully saturated rings. The molecule has 1 aromatic rings. The molecule has 8 heteroatoms. The van der Waals surface area contributed by atoms with Gasteiger partial charge in [-0.3, -0.25) is 14.5 Å². The molecule has 6 nitrogen and oxygen atoms in total. The summed E-state index contributed by atoms with van der Waals surface area (Å²) in [6.07, 6.45) is 2.25. The van der Waals surface area contributed by atoms with E-state index in [1.54, 1.807) is 11.9 Å². The number of halogens is 2. The van der Waals surface area contributed by atoms with Crippen LogP contribution in [-0.4, -0.2) is 58.7 Å². The zero-order chi connectivity index (χ0) is 18.8. The lowest BCUT2D eigenvalue weighted by atomic mass is 10.1. The van der Waals surface area contributed by atoms with Crippen LogP contribution in [0.5, 0.6) is 0 Å². The summed E-state index contributed by atoms with van der Waals surface area (Å²) in [6, 6.07) is 3.06. The number of imide groups is 1. The second kappa shape index (κ2) is 7.39. The molecule has 0 spiro atoms. The molecule has 4 amide bonds. The lowest BCUT2D eigenvalue weighted by Gasteiger charge is -2.23. The van der Waals surface area contributed by atoms with Crippen LogP contribution < -0.4 is 0 Å². The van der Waals surface area contributed by atoms with Crippen LogP contribution in [0.15, 0.2) is 18.2 Å². The van der Waals surface area contributed by atoms with Crippen molar-refractivity contribution in [2.45, 2.75) is 38.3 Å². The Labute approximate surface area is 150 Å². The lowest BCUT2D eigenvalue weighted by molar-refractivity contribution is -0.133. The number of likely N-dealkylation sites (N-methyl/N-ethyl adjacent to an activating group) is 1. The molecule has 1 aromatic carbocycles. The van der Waals surface area contributed by atoms with E-state index in [9.17, 15) is 23.2 Å². The van der Waals surface area contributed by atoms with Crippen LogP contribution in [0, 0.1) is 11.6 Å². The molecule has 1 saturated heterocycles. The average molecular weight is 365 g/mol. The molecular formula is C18H21F2N3O3. The largest absolute Gasteiger partial charge is 0.335 e. The number of benzene rings is 1. The van der Waals surface area contributed by atoms with Crippen molar-refractivity contribution in [1.82, 2.24) is 14.7 Å². The van der Waals surface area contributed by atoms with Gasteiger partial charge in [0.15, 0.2) is 0 Å². The van der Waals surface area contributed by atoms with Crippen molar-refractivity contribution in [3.8, 4) is 0 Å². The maximum Gasteiger partial charge on any atom is 0.326 e. The number of hydrogen-bond acceptors (Lipinski definition) is 3. The zero-order valence-electron chi connectivity index (χ0n) is 14.6. The fraction of sp³-hybridized carbons (Fsp3) is 0.500. The maximum atomic E-state index is 13.9. The summed E-state index contributed by atoms with van der Waals surface area (Å²) in [5.41, 5.74) is 0.276. The van der Waals surface area contributed by atoms with Gasteiger partial charge in [-0.15, -0.1) is 0 Å². The Bertz CT molecular complexity index is 736. The van der Waals surface area contributed by atoms with E-state index >= 15 is 0 Å². The van der Waals surface area contributed by atoms with Gasteiger partial charge < -0.3 is 9.80 Å². The summed E-state index contributed by atoms with van der Waals surface area (Å²) in [5.74, 6) is -1.73. The van der Waals surface area contributed by atoms with Crippen molar-refractivity contribution in [1.29, 1.82) is 0 Å². The highest BCUT2D eigenvalue weighted by molar-refractivity contribution is 6.01. The van der Waals surface area contributed by atoms with Crippen molar-refractivity contribution in [3.63, 3.8) is 0 Å². The summed E-state index contributed by atoms with van der Waals surface area (Å²) in [7, 11) is 1.55. The topological polar surface area (TPSA) is 60.9 Å². The fourth-order valence-electron chi connectivity index (χ4n) is 3.06. The summed E-state index contributed by atoms with van der Waals surface area (Å²) in [5, 5.41) is 0. The van der Waals surface area contributed by atoms with E-state index < -0.39 is 11.6 Å². The Balaban J connectivity index is 1.56. The molecule has 0 bridgehead atoms. The van der Waals surface area contributed by atoms with E-state index in [4.69, 9.17) is 0 Å². The van der Waals surface area contributed by atoms with E-state index in [2.05, 4.69) is 0 Å². The van der Waals surface area contributed by atoms with Crippen molar-refractivity contribution in [2.24, 2.45) is 0 Å². The quantitative estimate of drug-likeness (QED) is 0.696. The molecule has 2 aliphatic rings. The van der Waals surface area contributed by atoms with Crippen LogP contribution in [0.4, 0.5) is 13.6 Å². The molecule has 1 heterocycles. The Kier molecular flexibility index (Phi) is 5.20. The second-order valence-electron chi connectivity index (χ2n) is 6.78. The first-order valence-electron chi connectivity index (χ1n) is 8.65. The summed E-state index contributed by atoms with van der Waals surface area (Å²) in [4.78, 5) is 40.2. The van der Waals surface area contributed by atoms with Gasteiger partial charge in [-0.25, -0.2) is 13.6 Å².